The number of carbonyl (C=O) groups excluding carboxylic acids is 5. The maximum absolute atomic E-state index is 14.5. The van der Waals surface area contributed by atoms with Crippen molar-refractivity contribution < 1.29 is 118 Å². The van der Waals surface area contributed by atoms with Crippen LogP contribution in [-0.2, 0) is 11.0 Å². The van der Waals surface area contributed by atoms with E-state index >= 15 is 0 Å². The van der Waals surface area contributed by atoms with Gasteiger partial charge in [-0.05, 0) is 153 Å². The Morgan fingerprint density at radius 3 is 1.15 bits per heavy atom. The lowest BCUT2D eigenvalue weighted by Crippen LogP contribution is -2.28. The highest BCUT2D eigenvalue weighted by molar-refractivity contribution is 8.15. The first kappa shape index (κ1) is 98.6. The quantitative estimate of drug-likeness (QED) is 0.0587. The first-order valence-corrected chi connectivity index (χ1v) is 43.7. The lowest BCUT2D eigenvalue weighted by atomic mass is 10.1. The first-order valence-electron chi connectivity index (χ1n) is 39.8. The number of benzene rings is 12. The van der Waals surface area contributed by atoms with E-state index in [9.17, 15) is 89.8 Å². The monoisotopic (exact) mass is 1960 g/mol. The Hall–Kier alpha value is -13.9. The van der Waals surface area contributed by atoms with E-state index in [-0.39, 0.29) is 28.0 Å². The fraction of sp³-hybridized carbons (Fsp3) is 0.147. The number of ether oxygens (including phenoxy) is 6. The molecule has 0 aliphatic carbocycles. The molecule has 12 aromatic rings. The molecule has 0 fully saturated rings. The second-order valence-corrected chi connectivity index (χ2v) is 33.4. The van der Waals surface area contributed by atoms with Gasteiger partial charge < -0.3 is 34.2 Å². The summed E-state index contributed by atoms with van der Waals surface area (Å²) in [7, 11) is 4.29. The van der Waals surface area contributed by atoms with E-state index in [0.29, 0.717) is 131 Å². The van der Waals surface area contributed by atoms with Crippen LogP contribution in [0.15, 0.2) is 269 Å². The molecule has 0 bridgehead atoms. The van der Waals surface area contributed by atoms with Crippen molar-refractivity contribution in [2.75, 3.05) is 34.5 Å². The van der Waals surface area contributed by atoms with Crippen LogP contribution in [0.25, 0.3) is 0 Å². The molecule has 0 spiro atoms. The van der Waals surface area contributed by atoms with Crippen LogP contribution in [0, 0.1) is 65.1 Å². The molecular weight excluding hydrogens is 1890 g/mol. The predicted octanol–water partition coefficient (Wildman–Crippen LogP) is 23.4. The third-order valence-electron chi connectivity index (χ3n) is 19.6. The van der Waals surface area contributed by atoms with Gasteiger partial charge in [0.05, 0.1) is 33.5 Å². The van der Waals surface area contributed by atoms with Crippen LogP contribution in [0.4, 0.5) is 65.9 Å². The number of methoxy groups -OCH3 is 3. The van der Waals surface area contributed by atoms with Gasteiger partial charge in [0.1, 0.15) is 122 Å². The van der Waals surface area contributed by atoms with E-state index in [1.807, 2.05) is 26.0 Å². The molecule has 40 heteroatoms. The van der Waals surface area contributed by atoms with Crippen LogP contribution in [0.5, 0.6) is 34.5 Å². The van der Waals surface area contributed by atoms with Crippen molar-refractivity contribution in [3.63, 3.8) is 0 Å². The smallest absolute Gasteiger partial charge is 0.419 e. The minimum atomic E-state index is -4.90. The Morgan fingerprint density at radius 1 is 0.400 bits per heavy atom. The number of carbonyl (C=O) groups is 5. The Labute approximate surface area is 781 Å². The molecule has 2 N–H and O–H groups in total. The van der Waals surface area contributed by atoms with Gasteiger partial charge in [0.25, 0.3) is 29.5 Å². The molecule has 4 unspecified atom stereocenters. The topological polar surface area (TPSA) is 229 Å². The van der Waals surface area contributed by atoms with Gasteiger partial charge in [-0.25, -0.2) is 63.9 Å². The van der Waals surface area contributed by atoms with Gasteiger partial charge in [0.15, 0.2) is 29.6 Å². The summed E-state index contributed by atoms with van der Waals surface area (Å²) in [5.41, 5.74) is 6.82. The number of halogens is 16. The zero-order valence-electron chi connectivity index (χ0n) is 70.5. The van der Waals surface area contributed by atoms with Crippen molar-refractivity contribution in [3.05, 3.63) is 390 Å². The average molecular weight is 1960 g/mol. The van der Waals surface area contributed by atoms with Crippen LogP contribution in [0.1, 0.15) is 132 Å². The highest BCUT2D eigenvalue weighted by Crippen LogP contribution is 2.52. The average Bonchev–Trinajstić information content (AvgIpc) is 1.66. The molecule has 4 heterocycles. The minimum absolute atomic E-state index is 0.00395. The number of aryl methyl sites for hydroxylation is 1. The summed E-state index contributed by atoms with van der Waals surface area (Å²) in [5, 5.41) is 20.2. The Balaban J connectivity index is 0.000000153. The maximum atomic E-state index is 14.5. The number of hydrazone groups is 4. The fourth-order valence-electron chi connectivity index (χ4n) is 13.4. The molecule has 0 aromatic heterocycles. The Kier molecular flexibility index (Phi) is 32.0. The van der Waals surface area contributed by atoms with Crippen molar-refractivity contribution in [1.82, 2.24) is 20.0 Å². The van der Waals surface area contributed by atoms with Gasteiger partial charge in [0, 0.05) is 84.9 Å². The predicted molar refractivity (Wildman–Crippen MR) is 481 cm³/mol. The first-order chi connectivity index (χ1) is 64.6. The van der Waals surface area contributed by atoms with Gasteiger partial charge in [0.2, 0.25) is 0 Å². The molecule has 0 radical (unpaired) electrons. The third-order valence-corrected chi connectivity index (χ3v) is 24.8. The van der Waals surface area contributed by atoms with E-state index in [0.717, 1.165) is 73.9 Å². The molecule has 5 amide bonds. The summed E-state index contributed by atoms with van der Waals surface area (Å²) in [5.74, 6) is -13.4. The van der Waals surface area contributed by atoms with E-state index in [1.165, 1.54) is 123 Å². The van der Waals surface area contributed by atoms with Crippen LogP contribution in [-0.4, -0.2) is 111 Å². The molecule has 4 aliphatic heterocycles. The second-order valence-electron chi connectivity index (χ2n) is 28.7. The highest BCUT2D eigenvalue weighted by atomic mass is 35.5. The SMILES string of the molecule is CCCOc1cccc(C2SC(c3ccc(F)cc3)=NN2C(=O)c2c(F)cc(F)cc2F)c1OC.COc1cccc(C2SC(c3ccc(F)cc3)=NN2C(=O)c2ccc(C(F)(F)F)c(F)c2)c1OC.Cc1ccc(C(=O)N2N=C(c3ccc(Cl)cc3)SC2c2ccccc2OC(F)F)cc1.NC(=O)COc1ccccc1C1SC(c2ccc(F)cc2)=NN1C(=O)c1c(F)cc(F)cc1F. The largest absolute Gasteiger partial charge is 0.493 e. The van der Waals surface area contributed by atoms with E-state index in [2.05, 4.69) is 20.4 Å². The number of alkyl halides is 5. The van der Waals surface area contributed by atoms with Crippen LogP contribution < -0.4 is 34.2 Å². The molecule has 696 valence electrons. The Morgan fingerprint density at radius 2 is 0.756 bits per heavy atom. The molecule has 135 heavy (non-hydrogen) atoms. The van der Waals surface area contributed by atoms with Gasteiger partial charge in [-0.2, -0.15) is 42.4 Å². The number of amides is 5. The number of hydrogen-bond donors (Lipinski definition) is 1. The molecule has 4 atom stereocenters. The summed E-state index contributed by atoms with van der Waals surface area (Å²) in [6, 6.07) is 56.7. The molecule has 0 saturated heterocycles. The summed E-state index contributed by atoms with van der Waals surface area (Å²) in [6.45, 7) is 0.861. The van der Waals surface area contributed by atoms with Crippen molar-refractivity contribution in [1.29, 1.82) is 0 Å². The summed E-state index contributed by atoms with van der Waals surface area (Å²) < 4.78 is 236. The summed E-state index contributed by atoms with van der Waals surface area (Å²) >= 11 is 10.6. The van der Waals surface area contributed by atoms with E-state index in [1.54, 1.807) is 109 Å². The number of primary amides is 1. The second kappa shape index (κ2) is 43.9. The molecule has 16 rings (SSSR count). The molecular formula is C95H69ClF15N9O11S4. The molecule has 20 nitrogen and oxygen atoms in total. The molecule has 12 aromatic carbocycles. The zero-order chi connectivity index (χ0) is 96.8. The minimum Gasteiger partial charge on any atom is -0.493 e. The van der Waals surface area contributed by atoms with E-state index in [4.69, 9.17) is 45.8 Å². The van der Waals surface area contributed by atoms with Crippen molar-refractivity contribution in [3.8, 4) is 34.5 Å². The van der Waals surface area contributed by atoms with E-state index < -0.39 is 139 Å². The van der Waals surface area contributed by atoms with Gasteiger partial charge in [-0.3, -0.25) is 24.0 Å². The van der Waals surface area contributed by atoms with Gasteiger partial charge in [-0.1, -0.05) is 156 Å². The highest BCUT2D eigenvalue weighted by Gasteiger charge is 2.44. The standard InChI is InChI=1S/C25H20F4N2O3S.C24H17F5N2O3S.C23H17ClF2N2O2S.C23H15F4N3O3S/c1-3-11-34-20-6-4-5-17(22(20)33-2)25-31(24(32)21-18(28)12-16(27)13-19(21)29)30-23(35-25)14-7-9-15(26)10-8-14;1-33-19-5-3-4-16(20(19)34-2)23-31(30-21(35-23)13-6-9-15(25)10-7-13)22(32)14-8-11-17(18(26)12-14)24(27,28)29;1-14-6-8-16(9-7-14)21(29)28-22(18-4-2-3-5-19(18)30-23(25)26)31-20(27-28)15-10-12-17(24)13-11-15;24-13-7-5-12(6-8-13)21-29-30(22(32)20-16(26)9-14(25)10-17(20)27)23(34-21)15-3-1-2-4-18(15)33-11-19(28)31/h4-10,12-13,25H,3,11H2,1-2H3;3-12,23H,1-2H3;2-13,22-23H,1H3;1-10,23H,11H2,(H2,28,31). The number of nitrogens with two attached hydrogens (primary N) is 1. The maximum Gasteiger partial charge on any atom is 0.419 e. The number of thioether (sulfide) groups is 4. The molecule has 4 aliphatic rings. The number of nitrogens with zero attached hydrogens (tertiary/aromatic N) is 8. The summed E-state index contributed by atoms with van der Waals surface area (Å²) in [4.78, 5) is 64.4. The number of hydrogen-bond acceptors (Lipinski definition) is 19. The van der Waals surface area contributed by atoms with Crippen LogP contribution in [0.2, 0.25) is 5.02 Å². The third kappa shape index (κ3) is 23.3. The normalized spacial score (nSPS) is 15.5. The van der Waals surface area contributed by atoms with Crippen molar-refractivity contribution in [2.45, 2.75) is 54.6 Å². The lowest BCUT2D eigenvalue weighted by molar-refractivity contribution is -0.140. The van der Waals surface area contributed by atoms with Gasteiger partial charge in [-0.15, -0.1) is 0 Å². The number of rotatable bonds is 23. The summed E-state index contributed by atoms with van der Waals surface area (Å²) in [6.07, 6.45) is -4.16. The van der Waals surface area contributed by atoms with Gasteiger partial charge >= 0.3 is 12.8 Å². The zero-order valence-corrected chi connectivity index (χ0v) is 74.5. The lowest BCUT2D eigenvalue weighted by Gasteiger charge is -2.24. The van der Waals surface area contributed by atoms with Crippen LogP contribution >= 0.6 is 58.6 Å². The van der Waals surface area contributed by atoms with Crippen LogP contribution in [0.3, 0.4) is 0 Å². The number of para-hydroxylation sites is 4. The Bertz CT molecular complexity index is 6520. The van der Waals surface area contributed by atoms with Crippen molar-refractivity contribution >= 4 is 108 Å². The fourth-order valence-corrected chi connectivity index (χ4v) is 18.2. The molecule has 0 saturated carbocycles. The van der Waals surface area contributed by atoms with Crippen molar-refractivity contribution in [2.24, 2.45) is 26.1 Å².